The van der Waals surface area contributed by atoms with E-state index < -0.39 is 10.1 Å². The monoisotopic (exact) mass is 174 g/mol. The number of allylic oxidation sites excluding steroid dienone is 4. The Balaban J connectivity index is 4.84. The van der Waals surface area contributed by atoms with E-state index in [9.17, 15) is 8.42 Å². The highest BCUT2D eigenvalue weighted by atomic mass is 32.2. The maximum Gasteiger partial charge on any atom is 0.294 e. The molecule has 0 aliphatic rings. The van der Waals surface area contributed by atoms with Gasteiger partial charge in [0.25, 0.3) is 10.1 Å². The minimum absolute atomic E-state index is 0.199. The van der Waals surface area contributed by atoms with Gasteiger partial charge in [0.05, 0.1) is 4.91 Å². The number of hydrogen-bond donors (Lipinski definition) is 1. The average Bonchev–Trinajstić information content (AvgIpc) is 1.87. The van der Waals surface area contributed by atoms with Crippen LogP contribution in [-0.2, 0) is 10.1 Å². The van der Waals surface area contributed by atoms with Gasteiger partial charge in [-0.05, 0) is 19.1 Å². The van der Waals surface area contributed by atoms with Crippen molar-refractivity contribution in [1.29, 1.82) is 0 Å². The molecule has 0 aliphatic carbocycles. The molecule has 0 atom stereocenters. The van der Waals surface area contributed by atoms with E-state index >= 15 is 0 Å². The number of hydrogen-bond acceptors (Lipinski definition) is 2. The molecule has 4 heteroatoms. The standard InChI is InChI=1S/C7H10O3S/c1-3-5-6-7(4-2)11(8,9)10/h3-6H,2H2,1H3,(H,8,9,10). The van der Waals surface area contributed by atoms with Crippen molar-refractivity contribution < 1.29 is 13.0 Å². The van der Waals surface area contributed by atoms with Crippen LogP contribution < -0.4 is 0 Å². The van der Waals surface area contributed by atoms with Crippen molar-refractivity contribution in [3.63, 3.8) is 0 Å². The van der Waals surface area contributed by atoms with Crippen LogP contribution in [0.15, 0.2) is 35.8 Å². The Morgan fingerprint density at radius 1 is 1.55 bits per heavy atom. The van der Waals surface area contributed by atoms with Gasteiger partial charge in [0.2, 0.25) is 0 Å². The van der Waals surface area contributed by atoms with Crippen molar-refractivity contribution in [2.75, 3.05) is 0 Å². The zero-order chi connectivity index (χ0) is 8.91. The average molecular weight is 174 g/mol. The van der Waals surface area contributed by atoms with Crippen LogP contribution in [0.4, 0.5) is 0 Å². The summed E-state index contributed by atoms with van der Waals surface area (Å²) in [6, 6.07) is 0. The maximum absolute atomic E-state index is 10.5. The van der Waals surface area contributed by atoms with Crippen molar-refractivity contribution in [2.24, 2.45) is 0 Å². The molecule has 0 fully saturated rings. The zero-order valence-corrected chi connectivity index (χ0v) is 7.00. The predicted molar refractivity (Wildman–Crippen MR) is 44.6 cm³/mol. The van der Waals surface area contributed by atoms with Crippen LogP contribution in [0.3, 0.4) is 0 Å². The molecule has 0 heterocycles. The third-order valence-corrected chi connectivity index (χ3v) is 1.85. The fourth-order valence-corrected chi connectivity index (χ4v) is 0.912. The van der Waals surface area contributed by atoms with E-state index in [4.69, 9.17) is 4.55 Å². The molecule has 1 N–H and O–H groups in total. The summed E-state index contributed by atoms with van der Waals surface area (Å²) in [6.07, 6.45) is 5.50. The SMILES string of the molecule is C=CC(=CC=CC)S(=O)(=O)O. The van der Waals surface area contributed by atoms with Gasteiger partial charge in [-0.15, -0.1) is 0 Å². The van der Waals surface area contributed by atoms with Crippen LogP contribution >= 0.6 is 0 Å². The Kier molecular flexibility index (Phi) is 3.78. The zero-order valence-electron chi connectivity index (χ0n) is 6.19. The van der Waals surface area contributed by atoms with Gasteiger partial charge in [0, 0.05) is 0 Å². The third-order valence-electron chi connectivity index (χ3n) is 0.952. The minimum Gasteiger partial charge on any atom is -0.282 e. The first kappa shape index (κ1) is 10.1. The van der Waals surface area contributed by atoms with Crippen LogP contribution in [0.5, 0.6) is 0 Å². The second-order valence-electron chi connectivity index (χ2n) is 1.77. The molecule has 0 saturated carbocycles. The van der Waals surface area contributed by atoms with E-state index in [2.05, 4.69) is 6.58 Å². The van der Waals surface area contributed by atoms with Crippen molar-refractivity contribution in [3.05, 3.63) is 35.8 Å². The molecule has 0 aliphatic heterocycles. The van der Waals surface area contributed by atoms with Gasteiger partial charge in [-0.1, -0.05) is 18.7 Å². The first-order valence-electron chi connectivity index (χ1n) is 2.95. The summed E-state index contributed by atoms with van der Waals surface area (Å²) < 4.78 is 29.4. The maximum atomic E-state index is 10.5. The Morgan fingerprint density at radius 3 is 2.36 bits per heavy atom. The van der Waals surface area contributed by atoms with Gasteiger partial charge >= 0.3 is 0 Å². The van der Waals surface area contributed by atoms with Crippen LogP contribution in [0.25, 0.3) is 0 Å². The lowest BCUT2D eigenvalue weighted by atomic mass is 10.4. The van der Waals surface area contributed by atoms with E-state index in [-0.39, 0.29) is 4.91 Å². The predicted octanol–water partition coefficient (Wildman–Crippen LogP) is 1.52. The number of rotatable bonds is 3. The smallest absolute Gasteiger partial charge is 0.282 e. The molecule has 0 unspecified atom stereocenters. The van der Waals surface area contributed by atoms with Crippen LogP contribution in [0.1, 0.15) is 6.92 Å². The molecule has 0 aromatic heterocycles. The van der Waals surface area contributed by atoms with Gasteiger partial charge in [-0.25, -0.2) is 0 Å². The lowest BCUT2D eigenvalue weighted by molar-refractivity contribution is 0.492. The van der Waals surface area contributed by atoms with Crippen LogP contribution in [0.2, 0.25) is 0 Å². The molecule has 0 radical (unpaired) electrons. The molecule has 0 aromatic rings. The molecule has 11 heavy (non-hydrogen) atoms. The molecular weight excluding hydrogens is 164 g/mol. The normalized spacial score (nSPS) is 13.8. The summed E-state index contributed by atoms with van der Waals surface area (Å²) in [5, 5.41) is 0. The first-order chi connectivity index (χ1) is 5.02. The third kappa shape index (κ3) is 3.75. The molecule has 3 nitrogen and oxygen atoms in total. The van der Waals surface area contributed by atoms with Gasteiger partial charge < -0.3 is 0 Å². The quantitative estimate of drug-likeness (QED) is 0.521. The summed E-state index contributed by atoms with van der Waals surface area (Å²) in [5.41, 5.74) is 0. The second kappa shape index (κ2) is 4.10. The van der Waals surface area contributed by atoms with Crippen molar-refractivity contribution in [3.8, 4) is 0 Å². The Labute approximate surface area is 66.5 Å². The highest BCUT2D eigenvalue weighted by molar-refractivity contribution is 7.90. The van der Waals surface area contributed by atoms with Gasteiger partial charge in [-0.3, -0.25) is 4.55 Å². The van der Waals surface area contributed by atoms with E-state index in [1.54, 1.807) is 13.0 Å². The molecule has 0 bridgehead atoms. The molecule has 0 saturated heterocycles. The Hall–Kier alpha value is -0.870. The summed E-state index contributed by atoms with van der Waals surface area (Å²) in [6.45, 7) is 4.98. The molecule has 62 valence electrons. The fraction of sp³-hybridized carbons (Fsp3) is 0.143. The van der Waals surface area contributed by atoms with E-state index in [0.717, 1.165) is 6.08 Å². The van der Waals surface area contributed by atoms with Gasteiger partial charge in [0.1, 0.15) is 0 Å². The second-order valence-corrected chi connectivity index (χ2v) is 3.20. The first-order valence-corrected chi connectivity index (χ1v) is 4.39. The molecular formula is C7H10O3S. The lowest BCUT2D eigenvalue weighted by Gasteiger charge is -1.92. The Morgan fingerprint density at radius 2 is 2.09 bits per heavy atom. The Bertz CT molecular complexity index is 283. The van der Waals surface area contributed by atoms with Crippen LogP contribution in [-0.4, -0.2) is 13.0 Å². The minimum atomic E-state index is -4.10. The van der Waals surface area contributed by atoms with Crippen LogP contribution in [0, 0.1) is 0 Å². The summed E-state index contributed by atoms with van der Waals surface area (Å²) in [7, 11) is -4.10. The van der Waals surface area contributed by atoms with E-state index in [1.165, 1.54) is 12.2 Å². The summed E-state index contributed by atoms with van der Waals surface area (Å²) in [5.74, 6) is 0. The topological polar surface area (TPSA) is 54.4 Å². The highest BCUT2D eigenvalue weighted by Gasteiger charge is 2.07. The van der Waals surface area contributed by atoms with Crippen molar-refractivity contribution in [2.45, 2.75) is 6.92 Å². The largest absolute Gasteiger partial charge is 0.294 e. The molecule has 0 spiro atoms. The summed E-state index contributed by atoms with van der Waals surface area (Å²) in [4.78, 5) is -0.199. The van der Waals surface area contributed by atoms with E-state index in [1.807, 2.05) is 0 Å². The lowest BCUT2D eigenvalue weighted by Crippen LogP contribution is -1.98. The van der Waals surface area contributed by atoms with E-state index in [0.29, 0.717) is 0 Å². The van der Waals surface area contributed by atoms with Crippen molar-refractivity contribution >= 4 is 10.1 Å². The molecule has 0 rings (SSSR count). The highest BCUT2D eigenvalue weighted by Crippen LogP contribution is 2.04. The van der Waals surface area contributed by atoms with Crippen molar-refractivity contribution in [1.82, 2.24) is 0 Å². The van der Waals surface area contributed by atoms with Gasteiger partial charge in [-0.2, -0.15) is 8.42 Å². The molecule has 0 amide bonds. The van der Waals surface area contributed by atoms with Gasteiger partial charge in [0.15, 0.2) is 0 Å². The fourth-order valence-electron chi connectivity index (χ4n) is 0.450. The molecule has 0 aromatic carbocycles. The summed E-state index contributed by atoms with van der Waals surface area (Å²) >= 11 is 0.